The third kappa shape index (κ3) is 2.80. The average Bonchev–Trinajstić information content (AvgIpc) is 3.31. The number of fused-ring (bicyclic) bond motifs is 1. The number of carbonyl (C=O) groups excluding carboxylic acids is 2. The van der Waals surface area contributed by atoms with E-state index < -0.39 is 0 Å². The molecule has 2 fully saturated rings. The molecule has 1 aromatic rings. The highest BCUT2D eigenvalue weighted by Crippen LogP contribution is 2.44. The summed E-state index contributed by atoms with van der Waals surface area (Å²) in [6.07, 6.45) is 3.63. The van der Waals surface area contributed by atoms with Gasteiger partial charge in [-0.1, -0.05) is 48.3 Å². The lowest BCUT2D eigenvalue weighted by atomic mass is 10.1. The molecule has 0 saturated carbocycles. The van der Waals surface area contributed by atoms with Gasteiger partial charge in [0.15, 0.2) is 0 Å². The Morgan fingerprint density at radius 1 is 1.27 bits per heavy atom. The minimum Gasteiger partial charge on any atom is -0.376 e. The van der Waals surface area contributed by atoms with Crippen molar-refractivity contribution in [1.29, 1.82) is 0 Å². The lowest BCUT2D eigenvalue weighted by Gasteiger charge is -2.18. The summed E-state index contributed by atoms with van der Waals surface area (Å²) < 4.78 is 6.12. The zero-order chi connectivity index (χ0) is 18.3. The first-order valence-corrected chi connectivity index (χ1v) is 9.76. The molecule has 0 spiro atoms. The van der Waals surface area contributed by atoms with Crippen LogP contribution in [0.3, 0.4) is 0 Å². The van der Waals surface area contributed by atoms with E-state index in [1.807, 2.05) is 24.3 Å². The molecule has 2 amide bonds. The van der Waals surface area contributed by atoms with E-state index in [-0.39, 0.29) is 17.9 Å². The van der Waals surface area contributed by atoms with Crippen molar-refractivity contribution in [3.63, 3.8) is 0 Å². The summed E-state index contributed by atoms with van der Waals surface area (Å²) in [4.78, 5) is 29.7. The van der Waals surface area contributed by atoms with Crippen molar-refractivity contribution >= 4 is 51.4 Å². The largest absolute Gasteiger partial charge is 0.376 e. The maximum atomic E-state index is 13.0. The summed E-state index contributed by atoms with van der Waals surface area (Å²) in [5.41, 5.74) is 2.02. The standard InChI is InChI=1S/C19H18N2O3S2/c1-2-9-20-14-8-4-3-7-13(14)15(17(20)22)16-18(23)21(19(25)26-16)11-12-6-5-10-24-12/h2-4,7-8,12H,1,5-6,9-11H2. The number of ether oxygens (including phenoxy) is 1. The minimum absolute atomic E-state index is 0.0191. The number of benzene rings is 1. The number of amides is 2. The monoisotopic (exact) mass is 386 g/mol. The van der Waals surface area contributed by atoms with Crippen molar-refractivity contribution < 1.29 is 14.3 Å². The Balaban J connectivity index is 1.72. The summed E-state index contributed by atoms with van der Waals surface area (Å²) in [6.45, 7) is 5.30. The van der Waals surface area contributed by atoms with Crippen LogP contribution in [0.15, 0.2) is 41.8 Å². The normalized spacial score (nSPS) is 25.4. The molecule has 5 nitrogen and oxygen atoms in total. The fraction of sp³-hybridized carbons (Fsp3) is 0.316. The van der Waals surface area contributed by atoms with Crippen LogP contribution in [-0.2, 0) is 14.3 Å². The van der Waals surface area contributed by atoms with Gasteiger partial charge < -0.3 is 9.64 Å². The Morgan fingerprint density at radius 2 is 2.08 bits per heavy atom. The number of para-hydroxylation sites is 1. The third-order valence-corrected chi connectivity index (χ3v) is 6.17. The number of nitrogens with zero attached hydrogens (tertiary/aromatic N) is 2. The SMILES string of the molecule is C=CCN1C(=O)C(=C2SC(=S)N(CC3CCCO3)C2=O)c2ccccc21. The van der Waals surface area contributed by atoms with Crippen LogP contribution in [0.2, 0.25) is 0 Å². The molecule has 7 heteroatoms. The van der Waals surface area contributed by atoms with E-state index in [0.717, 1.165) is 30.7 Å². The van der Waals surface area contributed by atoms with Crippen molar-refractivity contribution in [2.75, 3.05) is 24.6 Å². The summed E-state index contributed by atoms with van der Waals surface area (Å²) >= 11 is 6.63. The number of thioether (sulfide) groups is 1. The van der Waals surface area contributed by atoms with Crippen molar-refractivity contribution in [2.24, 2.45) is 0 Å². The van der Waals surface area contributed by atoms with Gasteiger partial charge in [-0.25, -0.2) is 0 Å². The molecule has 0 aromatic heterocycles. The van der Waals surface area contributed by atoms with Crippen LogP contribution in [0.25, 0.3) is 5.57 Å². The molecule has 3 aliphatic heterocycles. The Hall–Kier alpha value is -1.96. The van der Waals surface area contributed by atoms with Crippen molar-refractivity contribution in [2.45, 2.75) is 18.9 Å². The fourth-order valence-electron chi connectivity index (χ4n) is 3.51. The molecule has 3 heterocycles. The predicted octanol–water partition coefficient (Wildman–Crippen LogP) is 2.97. The van der Waals surface area contributed by atoms with Gasteiger partial charge in [-0.2, -0.15) is 0 Å². The van der Waals surface area contributed by atoms with E-state index in [9.17, 15) is 9.59 Å². The molecule has 0 N–H and O–H groups in total. The second-order valence-electron chi connectivity index (χ2n) is 6.34. The molecule has 0 bridgehead atoms. The zero-order valence-corrected chi connectivity index (χ0v) is 15.8. The highest BCUT2D eigenvalue weighted by Gasteiger charge is 2.42. The summed E-state index contributed by atoms with van der Waals surface area (Å²) in [5.74, 6) is -0.377. The molecule has 2 saturated heterocycles. The van der Waals surface area contributed by atoms with Crippen LogP contribution in [-0.4, -0.2) is 46.8 Å². The van der Waals surface area contributed by atoms with Gasteiger partial charge in [-0.15, -0.1) is 6.58 Å². The molecular weight excluding hydrogens is 368 g/mol. The molecule has 0 radical (unpaired) electrons. The van der Waals surface area contributed by atoms with Gasteiger partial charge in [0.25, 0.3) is 11.8 Å². The topological polar surface area (TPSA) is 49.9 Å². The average molecular weight is 386 g/mol. The van der Waals surface area contributed by atoms with Gasteiger partial charge >= 0.3 is 0 Å². The number of thiocarbonyl (C=S) groups is 1. The van der Waals surface area contributed by atoms with Gasteiger partial charge in [-0.3, -0.25) is 14.5 Å². The van der Waals surface area contributed by atoms with Crippen molar-refractivity contribution in [3.05, 3.63) is 47.4 Å². The summed E-state index contributed by atoms with van der Waals surface area (Å²) in [7, 11) is 0. The maximum absolute atomic E-state index is 13.0. The minimum atomic E-state index is -0.200. The number of anilines is 1. The van der Waals surface area contributed by atoms with Crippen LogP contribution in [0, 0.1) is 0 Å². The molecule has 1 atom stereocenters. The predicted molar refractivity (Wildman–Crippen MR) is 107 cm³/mol. The van der Waals surface area contributed by atoms with Gasteiger partial charge in [0.2, 0.25) is 0 Å². The first kappa shape index (κ1) is 17.5. The third-order valence-electron chi connectivity index (χ3n) is 4.72. The summed E-state index contributed by atoms with van der Waals surface area (Å²) in [5, 5.41) is 0. The van der Waals surface area contributed by atoms with Crippen LogP contribution >= 0.6 is 24.0 Å². The molecule has 3 aliphatic rings. The van der Waals surface area contributed by atoms with Crippen molar-refractivity contribution in [1.82, 2.24) is 4.90 Å². The van der Waals surface area contributed by atoms with E-state index in [1.165, 1.54) is 11.8 Å². The Labute approximate surface area is 161 Å². The van der Waals surface area contributed by atoms with E-state index in [1.54, 1.807) is 15.9 Å². The second kappa shape index (κ2) is 6.98. The number of hydrogen-bond acceptors (Lipinski definition) is 5. The highest BCUT2D eigenvalue weighted by atomic mass is 32.2. The van der Waals surface area contributed by atoms with Gasteiger partial charge in [0.1, 0.15) is 4.32 Å². The first-order chi connectivity index (χ1) is 12.6. The maximum Gasteiger partial charge on any atom is 0.267 e. The molecule has 26 heavy (non-hydrogen) atoms. The van der Waals surface area contributed by atoms with Crippen LogP contribution in [0.5, 0.6) is 0 Å². The van der Waals surface area contributed by atoms with E-state index in [0.29, 0.717) is 27.9 Å². The molecular formula is C19H18N2O3S2. The Morgan fingerprint density at radius 3 is 2.81 bits per heavy atom. The van der Waals surface area contributed by atoms with Gasteiger partial charge in [0.05, 0.1) is 28.8 Å². The van der Waals surface area contributed by atoms with Crippen LogP contribution in [0.1, 0.15) is 18.4 Å². The lowest BCUT2D eigenvalue weighted by molar-refractivity contribution is -0.123. The van der Waals surface area contributed by atoms with Gasteiger partial charge in [-0.05, 0) is 18.9 Å². The van der Waals surface area contributed by atoms with Crippen molar-refractivity contribution in [3.8, 4) is 0 Å². The number of rotatable bonds is 4. The zero-order valence-electron chi connectivity index (χ0n) is 14.1. The van der Waals surface area contributed by atoms with Gasteiger partial charge in [0, 0.05) is 18.7 Å². The Kier molecular flexibility index (Phi) is 4.69. The molecule has 0 aliphatic carbocycles. The number of carbonyl (C=O) groups is 2. The Bertz CT molecular complexity index is 843. The molecule has 1 unspecified atom stereocenters. The number of hydrogen-bond donors (Lipinski definition) is 0. The second-order valence-corrected chi connectivity index (χ2v) is 7.99. The summed E-state index contributed by atoms with van der Waals surface area (Å²) in [6, 6.07) is 7.51. The van der Waals surface area contributed by atoms with E-state index in [4.69, 9.17) is 17.0 Å². The molecule has 4 rings (SSSR count). The van der Waals surface area contributed by atoms with E-state index >= 15 is 0 Å². The highest BCUT2D eigenvalue weighted by molar-refractivity contribution is 8.26. The fourth-order valence-corrected chi connectivity index (χ4v) is 4.86. The molecule has 134 valence electrons. The van der Waals surface area contributed by atoms with Crippen LogP contribution in [0.4, 0.5) is 5.69 Å². The quantitative estimate of drug-likeness (QED) is 0.452. The smallest absolute Gasteiger partial charge is 0.267 e. The van der Waals surface area contributed by atoms with E-state index in [2.05, 4.69) is 6.58 Å². The lowest BCUT2D eigenvalue weighted by Crippen LogP contribution is -2.35. The first-order valence-electron chi connectivity index (χ1n) is 8.53. The molecule has 1 aromatic carbocycles. The van der Waals surface area contributed by atoms with Crippen LogP contribution < -0.4 is 4.90 Å².